The van der Waals surface area contributed by atoms with Gasteiger partial charge in [-0.2, -0.15) is 0 Å². The fraction of sp³-hybridized carbons (Fsp3) is 0.357. The molecule has 16 heavy (non-hydrogen) atoms. The van der Waals surface area contributed by atoms with Crippen molar-refractivity contribution in [2.45, 2.75) is 31.6 Å². The lowest BCUT2D eigenvalue weighted by Crippen LogP contribution is -2.10. The van der Waals surface area contributed by atoms with Gasteiger partial charge in [0.2, 0.25) is 0 Å². The number of nitrogens with zero attached hydrogens (tertiary/aromatic N) is 1. The van der Waals surface area contributed by atoms with Gasteiger partial charge in [-0.1, -0.05) is 31.2 Å². The maximum atomic E-state index is 6.19. The topological polar surface area (TPSA) is 12.9 Å². The first-order chi connectivity index (χ1) is 7.72. The molecule has 0 bridgehead atoms. The molecule has 2 rings (SSSR count). The Hall–Kier alpha value is -1.08. The molecule has 0 aliphatic carbocycles. The van der Waals surface area contributed by atoms with E-state index in [0.29, 0.717) is 5.92 Å². The number of fused-ring (bicyclic) bond motifs is 1. The van der Waals surface area contributed by atoms with E-state index in [9.17, 15) is 0 Å². The fourth-order valence-electron chi connectivity index (χ4n) is 2.06. The number of alkyl halides is 1. The lowest BCUT2D eigenvalue weighted by atomic mass is 9.98. The van der Waals surface area contributed by atoms with Crippen LogP contribution >= 0.6 is 11.6 Å². The van der Waals surface area contributed by atoms with Crippen molar-refractivity contribution in [3.63, 3.8) is 0 Å². The fourth-order valence-corrected chi connectivity index (χ4v) is 2.36. The predicted molar refractivity (Wildman–Crippen MR) is 70.1 cm³/mol. The molecule has 0 aliphatic heterocycles. The average Bonchev–Trinajstić information content (AvgIpc) is 2.29. The molecular formula is C14H16ClN. The Morgan fingerprint density at radius 2 is 1.94 bits per heavy atom. The molecule has 2 aromatic rings. The van der Waals surface area contributed by atoms with Crippen LogP contribution in [0.4, 0.5) is 0 Å². The minimum Gasteiger partial charge on any atom is -0.252 e. The molecule has 2 unspecified atom stereocenters. The third-order valence-electron chi connectivity index (χ3n) is 2.99. The number of hydrogen-bond donors (Lipinski definition) is 0. The molecule has 0 spiro atoms. The number of para-hydroxylation sites is 1. The number of pyridine rings is 1. The zero-order chi connectivity index (χ0) is 11.5. The number of hydrogen-bond acceptors (Lipinski definition) is 1. The molecule has 0 radical (unpaired) electrons. The third kappa shape index (κ3) is 2.19. The first-order valence-corrected chi connectivity index (χ1v) is 6.15. The van der Waals surface area contributed by atoms with Crippen molar-refractivity contribution >= 4 is 22.5 Å². The van der Waals surface area contributed by atoms with Crippen molar-refractivity contribution in [1.29, 1.82) is 0 Å². The molecule has 0 aliphatic rings. The largest absolute Gasteiger partial charge is 0.252 e. The zero-order valence-corrected chi connectivity index (χ0v) is 10.4. The summed E-state index contributed by atoms with van der Waals surface area (Å²) in [4.78, 5) is 4.68. The molecule has 1 nitrogen and oxygen atoms in total. The molecule has 2 heteroatoms. The van der Waals surface area contributed by atoms with Crippen LogP contribution in [-0.2, 0) is 0 Å². The highest BCUT2D eigenvalue weighted by Gasteiger charge is 2.16. The van der Waals surface area contributed by atoms with Gasteiger partial charge >= 0.3 is 0 Å². The lowest BCUT2D eigenvalue weighted by Gasteiger charge is -2.17. The van der Waals surface area contributed by atoms with E-state index in [1.54, 1.807) is 0 Å². The number of rotatable bonds is 3. The molecule has 84 valence electrons. The first kappa shape index (κ1) is 11.4. The summed E-state index contributed by atoms with van der Waals surface area (Å²) in [6, 6.07) is 12.4. The van der Waals surface area contributed by atoms with Gasteiger partial charge in [0.1, 0.15) is 0 Å². The van der Waals surface area contributed by atoms with Crippen molar-refractivity contribution in [2.24, 2.45) is 0 Å². The van der Waals surface area contributed by atoms with Gasteiger partial charge in [-0.05, 0) is 25.5 Å². The summed E-state index contributed by atoms with van der Waals surface area (Å²) in [5.41, 5.74) is 2.15. The molecule has 0 N–H and O–H groups in total. The van der Waals surface area contributed by atoms with Crippen LogP contribution in [0.25, 0.3) is 10.9 Å². The van der Waals surface area contributed by atoms with Crippen molar-refractivity contribution in [2.75, 3.05) is 0 Å². The van der Waals surface area contributed by atoms with E-state index in [-0.39, 0.29) is 5.38 Å². The Balaban J connectivity index is 2.45. The molecule has 1 aromatic carbocycles. The Labute approximate surface area is 101 Å². The molecule has 0 saturated heterocycles. The Morgan fingerprint density at radius 1 is 1.19 bits per heavy atom. The van der Waals surface area contributed by atoms with E-state index in [2.05, 4.69) is 30.1 Å². The van der Waals surface area contributed by atoms with E-state index in [1.165, 1.54) is 5.39 Å². The maximum absolute atomic E-state index is 6.19. The van der Waals surface area contributed by atoms with Gasteiger partial charge in [-0.15, -0.1) is 11.6 Å². The summed E-state index contributed by atoms with van der Waals surface area (Å²) in [6.45, 7) is 4.19. The first-order valence-electron chi connectivity index (χ1n) is 5.72. The molecule has 0 saturated carbocycles. The van der Waals surface area contributed by atoms with E-state index >= 15 is 0 Å². The zero-order valence-electron chi connectivity index (χ0n) is 9.65. The Morgan fingerprint density at radius 3 is 2.62 bits per heavy atom. The van der Waals surface area contributed by atoms with Crippen LogP contribution in [0.15, 0.2) is 36.4 Å². The quantitative estimate of drug-likeness (QED) is 0.718. The Bertz CT molecular complexity index is 479. The van der Waals surface area contributed by atoms with Gasteiger partial charge in [-0.3, -0.25) is 4.98 Å². The summed E-state index contributed by atoms with van der Waals surface area (Å²) in [5.74, 6) is 0.339. The van der Waals surface area contributed by atoms with Crippen LogP contribution in [-0.4, -0.2) is 10.4 Å². The molecule has 0 amide bonds. The summed E-state index contributed by atoms with van der Waals surface area (Å²) in [5, 5.41) is 1.31. The van der Waals surface area contributed by atoms with Crippen LogP contribution in [0, 0.1) is 0 Å². The summed E-state index contributed by atoms with van der Waals surface area (Å²) in [6.07, 6.45) is 1.02. The Kier molecular flexibility index (Phi) is 3.45. The minimum absolute atomic E-state index is 0.124. The maximum Gasteiger partial charge on any atom is 0.0705 e. The molecule has 2 atom stereocenters. The van der Waals surface area contributed by atoms with Crippen molar-refractivity contribution < 1.29 is 0 Å². The second-order valence-electron chi connectivity index (χ2n) is 4.12. The standard InChI is InChI=1S/C14H16ClN/c1-3-12(10(2)15)14-9-8-11-6-4-5-7-13(11)16-14/h4-10,12H,3H2,1-2H3. The van der Waals surface area contributed by atoms with Crippen LogP contribution < -0.4 is 0 Å². The molecular weight excluding hydrogens is 218 g/mol. The predicted octanol–water partition coefficient (Wildman–Crippen LogP) is 4.36. The van der Waals surface area contributed by atoms with Crippen LogP contribution in [0.5, 0.6) is 0 Å². The lowest BCUT2D eigenvalue weighted by molar-refractivity contribution is 0.633. The summed E-state index contributed by atoms with van der Waals surface area (Å²) < 4.78 is 0. The SMILES string of the molecule is CCC(c1ccc2ccccc2n1)C(C)Cl. The van der Waals surface area contributed by atoms with E-state index < -0.39 is 0 Å². The normalized spacial score (nSPS) is 14.9. The monoisotopic (exact) mass is 233 g/mol. The van der Waals surface area contributed by atoms with Gasteiger partial charge < -0.3 is 0 Å². The number of halogens is 1. The number of benzene rings is 1. The van der Waals surface area contributed by atoms with Gasteiger partial charge in [0.25, 0.3) is 0 Å². The van der Waals surface area contributed by atoms with E-state index in [1.807, 2.05) is 25.1 Å². The molecule has 0 fully saturated rings. The van der Waals surface area contributed by atoms with Crippen molar-refractivity contribution in [3.05, 3.63) is 42.1 Å². The van der Waals surface area contributed by atoms with Crippen LogP contribution in [0.1, 0.15) is 31.9 Å². The average molecular weight is 234 g/mol. The number of aromatic nitrogens is 1. The van der Waals surface area contributed by atoms with Crippen molar-refractivity contribution in [1.82, 2.24) is 4.98 Å². The van der Waals surface area contributed by atoms with Crippen LogP contribution in [0.2, 0.25) is 0 Å². The van der Waals surface area contributed by atoms with Crippen LogP contribution in [0.3, 0.4) is 0 Å². The third-order valence-corrected chi connectivity index (χ3v) is 3.30. The highest BCUT2D eigenvalue weighted by Crippen LogP contribution is 2.26. The van der Waals surface area contributed by atoms with Gasteiger partial charge in [0.15, 0.2) is 0 Å². The smallest absolute Gasteiger partial charge is 0.0705 e. The summed E-state index contributed by atoms with van der Waals surface area (Å²) in [7, 11) is 0. The molecule has 1 aromatic heterocycles. The van der Waals surface area contributed by atoms with Gasteiger partial charge in [0.05, 0.1) is 5.52 Å². The van der Waals surface area contributed by atoms with E-state index in [4.69, 9.17) is 11.6 Å². The van der Waals surface area contributed by atoms with E-state index in [0.717, 1.165) is 17.6 Å². The van der Waals surface area contributed by atoms with Gasteiger partial charge in [-0.25, -0.2) is 0 Å². The van der Waals surface area contributed by atoms with Crippen molar-refractivity contribution in [3.8, 4) is 0 Å². The van der Waals surface area contributed by atoms with Gasteiger partial charge in [0, 0.05) is 22.4 Å². The second-order valence-corrected chi connectivity index (χ2v) is 4.81. The highest BCUT2D eigenvalue weighted by atomic mass is 35.5. The minimum atomic E-state index is 0.124. The summed E-state index contributed by atoms with van der Waals surface area (Å²) >= 11 is 6.19. The highest BCUT2D eigenvalue weighted by molar-refractivity contribution is 6.20. The second kappa shape index (κ2) is 4.84. The molecule has 1 heterocycles.